The Hall–Kier alpha value is -0.970. The Morgan fingerprint density at radius 2 is 1.86 bits per heavy atom. The lowest BCUT2D eigenvalue weighted by molar-refractivity contribution is -0.165. The maximum atomic E-state index is 13.1. The molecule has 5 rings (SSSR count). The lowest BCUT2D eigenvalue weighted by Crippen LogP contribution is -2.58. The zero-order valence-corrected chi connectivity index (χ0v) is 14.6. The van der Waals surface area contributed by atoms with Crippen LogP contribution in [0.2, 0.25) is 0 Å². The number of carbonyl (C=O) groups excluding carboxylic acids is 1. The Morgan fingerprint density at radius 1 is 1.18 bits per heavy atom. The van der Waals surface area contributed by atoms with Crippen LogP contribution in [-0.2, 0) is 11.2 Å². The molecule has 0 spiro atoms. The van der Waals surface area contributed by atoms with Gasteiger partial charge in [-0.05, 0) is 61.7 Å². The molecule has 4 saturated carbocycles. The molecule has 4 nitrogen and oxygen atoms in total. The topological polar surface area (TPSA) is 54.9 Å². The zero-order chi connectivity index (χ0) is 15.6. The van der Waals surface area contributed by atoms with E-state index in [1.54, 1.807) is 0 Å². The van der Waals surface area contributed by atoms with Gasteiger partial charge in [0.25, 0.3) is 0 Å². The second-order valence-corrected chi connectivity index (χ2v) is 9.78. The van der Waals surface area contributed by atoms with E-state index in [0.717, 1.165) is 36.6 Å². The third kappa shape index (κ3) is 2.20. The number of hydrogen-bond donors (Lipinski definition) is 1. The van der Waals surface area contributed by atoms with Crippen LogP contribution in [0.4, 0.5) is 5.13 Å². The summed E-state index contributed by atoms with van der Waals surface area (Å²) in [4.78, 5) is 13.1. The van der Waals surface area contributed by atoms with Gasteiger partial charge < -0.3 is 5.32 Å². The van der Waals surface area contributed by atoms with E-state index in [9.17, 15) is 4.79 Å². The number of nitrogens with one attached hydrogen (secondary N) is 1. The van der Waals surface area contributed by atoms with Crippen LogP contribution < -0.4 is 5.32 Å². The number of carbonyl (C=O) groups is 1. The van der Waals surface area contributed by atoms with Crippen molar-refractivity contribution in [2.24, 2.45) is 22.2 Å². The highest BCUT2D eigenvalue weighted by Gasteiger charge is 2.62. The molecule has 0 radical (unpaired) electrons. The van der Waals surface area contributed by atoms with Crippen LogP contribution in [0.25, 0.3) is 0 Å². The van der Waals surface area contributed by atoms with E-state index in [2.05, 4.69) is 36.3 Å². The van der Waals surface area contributed by atoms with Crippen molar-refractivity contribution in [3.63, 3.8) is 0 Å². The molecule has 0 aliphatic heterocycles. The van der Waals surface area contributed by atoms with Crippen molar-refractivity contribution in [3.05, 3.63) is 5.01 Å². The molecule has 2 unspecified atom stereocenters. The van der Waals surface area contributed by atoms with Crippen LogP contribution in [-0.4, -0.2) is 16.1 Å². The van der Waals surface area contributed by atoms with Gasteiger partial charge in [-0.1, -0.05) is 32.1 Å². The van der Waals surface area contributed by atoms with Gasteiger partial charge in [-0.25, -0.2) is 0 Å². The van der Waals surface area contributed by atoms with Crippen molar-refractivity contribution in [1.29, 1.82) is 0 Å². The minimum absolute atomic E-state index is 0.166. The predicted octanol–water partition coefficient (Wildman–Crippen LogP) is 4.04. The molecule has 4 fully saturated rings. The fourth-order valence-corrected chi connectivity index (χ4v) is 7.05. The van der Waals surface area contributed by atoms with Crippen LogP contribution in [0.5, 0.6) is 0 Å². The van der Waals surface area contributed by atoms with Crippen molar-refractivity contribution in [2.75, 3.05) is 5.32 Å². The smallest absolute Gasteiger partial charge is 0.232 e. The quantitative estimate of drug-likeness (QED) is 0.915. The molecular formula is C17H25N3OS. The van der Waals surface area contributed by atoms with Gasteiger partial charge in [-0.3, -0.25) is 4.79 Å². The Kier molecular flexibility index (Phi) is 3.01. The summed E-state index contributed by atoms with van der Waals surface area (Å²) < 4.78 is 0. The summed E-state index contributed by atoms with van der Waals surface area (Å²) in [6, 6.07) is 0. The SMILES string of the molecule is CCc1nnc(NC(=O)C23CC4CC(C)(CC(C)(C4)C2)C3)s1. The predicted molar refractivity (Wildman–Crippen MR) is 87.8 cm³/mol. The molecule has 1 aromatic rings. The minimum atomic E-state index is -0.166. The molecular weight excluding hydrogens is 294 g/mol. The fourth-order valence-electron chi connectivity index (χ4n) is 6.38. The molecule has 1 amide bonds. The Bertz CT molecular complexity index is 607. The van der Waals surface area contributed by atoms with Gasteiger partial charge in [0.05, 0.1) is 5.41 Å². The molecule has 120 valence electrons. The Labute approximate surface area is 136 Å². The van der Waals surface area contributed by atoms with Crippen LogP contribution in [0.1, 0.15) is 64.3 Å². The van der Waals surface area contributed by atoms with E-state index < -0.39 is 0 Å². The fraction of sp³-hybridized carbons (Fsp3) is 0.824. The third-order valence-electron chi connectivity index (χ3n) is 6.10. The molecule has 1 heterocycles. The third-order valence-corrected chi connectivity index (χ3v) is 7.08. The van der Waals surface area contributed by atoms with E-state index in [-0.39, 0.29) is 11.3 Å². The minimum Gasteiger partial charge on any atom is -0.300 e. The molecule has 1 aromatic heterocycles. The summed E-state index contributed by atoms with van der Waals surface area (Å²) >= 11 is 1.51. The first-order chi connectivity index (χ1) is 10.3. The van der Waals surface area contributed by atoms with Crippen molar-refractivity contribution in [1.82, 2.24) is 10.2 Å². The number of nitrogens with zero attached hydrogens (tertiary/aromatic N) is 2. The monoisotopic (exact) mass is 319 g/mol. The number of rotatable bonds is 3. The summed E-state index contributed by atoms with van der Waals surface area (Å²) in [5.41, 5.74) is 0.559. The molecule has 4 bridgehead atoms. The highest BCUT2D eigenvalue weighted by molar-refractivity contribution is 7.15. The molecule has 1 N–H and O–H groups in total. The lowest BCUT2D eigenvalue weighted by atomic mass is 9.40. The van der Waals surface area contributed by atoms with Gasteiger partial charge in [0, 0.05) is 0 Å². The highest BCUT2D eigenvalue weighted by Crippen LogP contribution is 2.69. The maximum Gasteiger partial charge on any atom is 0.232 e. The number of aryl methyl sites for hydroxylation is 1. The maximum absolute atomic E-state index is 13.1. The summed E-state index contributed by atoms with van der Waals surface area (Å²) in [6.07, 6.45) is 7.98. The molecule has 22 heavy (non-hydrogen) atoms. The zero-order valence-electron chi connectivity index (χ0n) is 13.7. The standard InChI is InChI=1S/C17H25N3OS/c1-4-12-19-20-14(22-12)18-13(21)17-7-11-5-15(2,9-17)8-16(3,6-11)10-17/h11H,4-10H2,1-3H3,(H,18,20,21). The number of hydrogen-bond acceptors (Lipinski definition) is 4. The second-order valence-electron chi connectivity index (χ2n) is 8.72. The van der Waals surface area contributed by atoms with Crippen LogP contribution in [0, 0.1) is 22.2 Å². The van der Waals surface area contributed by atoms with E-state index in [1.165, 1.54) is 30.6 Å². The number of amides is 1. The largest absolute Gasteiger partial charge is 0.300 e. The van der Waals surface area contributed by atoms with Gasteiger partial charge in [-0.2, -0.15) is 0 Å². The molecule has 5 heteroatoms. The summed E-state index contributed by atoms with van der Waals surface area (Å²) in [7, 11) is 0. The van der Waals surface area contributed by atoms with Crippen LogP contribution in [0.15, 0.2) is 0 Å². The molecule has 0 aromatic carbocycles. The van der Waals surface area contributed by atoms with E-state index in [4.69, 9.17) is 0 Å². The number of anilines is 1. The van der Waals surface area contributed by atoms with Crippen molar-refractivity contribution in [3.8, 4) is 0 Å². The normalized spacial score (nSPS) is 42.6. The first-order valence-corrected chi connectivity index (χ1v) is 9.29. The van der Waals surface area contributed by atoms with E-state index >= 15 is 0 Å². The second kappa shape index (κ2) is 4.53. The van der Waals surface area contributed by atoms with E-state index in [1.807, 2.05) is 0 Å². The number of aromatic nitrogens is 2. The van der Waals surface area contributed by atoms with Gasteiger partial charge in [-0.15, -0.1) is 10.2 Å². The molecule has 0 saturated heterocycles. The van der Waals surface area contributed by atoms with Crippen molar-refractivity contribution < 1.29 is 4.79 Å². The molecule has 4 aliphatic carbocycles. The summed E-state index contributed by atoms with van der Waals surface area (Å²) in [5, 5.41) is 13.0. The Balaban J connectivity index is 1.59. The van der Waals surface area contributed by atoms with Gasteiger partial charge >= 0.3 is 0 Å². The average Bonchev–Trinajstić information content (AvgIpc) is 2.82. The average molecular weight is 319 g/mol. The molecule has 2 atom stereocenters. The van der Waals surface area contributed by atoms with Gasteiger partial charge in [0.2, 0.25) is 11.0 Å². The summed E-state index contributed by atoms with van der Waals surface area (Å²) in [5.74, 6) is 0.936. The lowest BCUT2D eigenvalue weighted by Gasteiger charge is -2.64. The van der Waals surface area contributed by atoms with Crippen LogP contribution >= 0.6 is 11.3 Å². The Morgan fingerprint density at radius 3 is 2.41 bits per heavy atom. The first kappa shape index (κ1) is 14.6. The van der Waals surface area contributed by atoms with Gasteiger partial charge in [0.15, 0.2) is 0 Å². The molecule has 4 aliphatic rings. The van der Waals surface area contributed by atoms with Crippen molar-refractivity contribution in [2.45, 2.75) is 65.7 Å². The highest BCUT2D eigenvalue weighted by atomic mass is 32.1. The summed E-state index contributed by atoms with van der Waals surface area (Å²) in [6.45, 7) is 6.86. The van der Waals surface area contributed by atoms with Gasteiger partial charge in [0.1, 0.15) is 5.01 Å². The van der Waals surface area contributed by atoms with Crippen molar-refractivity contribution >= 4 is 22.4 Å². The first-order valence-electron chi connectivity index (χ1n) is 8.48. The van der Waals surface area contributed by atoms with Crippen LogP contribution in [0.3, 0.4) is 0 Å². The van der Waals surface area contributed by atoms with E-state index in [0.29, 0.717) is 16.0 Å².